The molecule has 0 heterocycles. The van der Waals surface area contributed by atoms with E-state index >= 15 is 0 Å². The Morgan fingerprint density at radius 1 is 1.14 bits per heavy atom. The van der Waals surface area contributed by atoms with Gasteiger partial charge in [0.1, 0.15) is 0 Å². The molecule has 1 amide bonds. The predicted molar refractivity (Wildman–Crippen MR) is 84.9 cm³/mol. The molecule has 0 fully saturated rings. The number of anilines is 1. The maximum atomic E-state index is 12.4. The van der Waals surface area contributed by atoms with Crippen molar-refractivity contribution in [3.05, 3.63) is 24.3 Å². The average Bonchev–Trinajstić information content (AvgIpc) is 2.50. The van der Waals surface area contributed by atoms with E-state index in [0.29, 0.717) is 18.5 Å². The number of nitrogens with one attached hydrogen (secondary N) is 1. The Morgan fingerprint density at radius 3 is 2.05 bits per heavy atom. The van der Waals surface area contributed by atoms with Gasteiger partial charge in [-0.2, -0.15) is 0 Å². The summed E-state index contributed by atoms with van der Waals surface area (Å²) in [6.07, 6.45) is 1.32. The van der Waals surface area contributed by atoms with E-state index < -0.39 is 15.3 Å². The van der Waals surface area contributed by atoms with E-state index in [2.05, 4.69) is 5.32 Å². The molecule has 0 aliphatic rings. The third kappa shape index (κ3) is 3.83. The molecule has 1 rings (SSSR count). The third-order valence-corrected chi connectivity index (χ3v) is 5.83. The summed E-state index contributed by atoms with van der Waals surface area (Å²) in [6, 6.07) is 6.23. The van der Waals surface area contributed by atoms with Crippen LogP contribution in [0.25, 0.3) is 0 Å². The van der Waals surface area contributed by atoms with Gasteiger partial charge >= 0.3 is 0 Å². The Labute approximate surface area is 126 Å². The monoisotopic (exact) mass is 312 g/mol. The number of carbonyl (C=O) groups excluding carboxylic acids is 1. The van der Waals surface area contributed by atoms with Crippen molar-refractivity contribution in [1.82, 2.24) is 0 Å². The smallest absolute Gasteiger partial charge is 0.231 e. The molecule has 3 N–H and O–H groups in total. The lowest BCUT2D eigenvalue weighted by molar-refractivity contribution is -0.125. The highest BCUT2D eigenvalue weighted by Crippen LogP contribution is 2.27. The van der Waals surface area contributed by atoms with Crippen molar-refractivity contribution >= 4 is 21.4 Å². The standard InChI is InChI=1S/C15H24N2O3S/c1-4-15(5-2,11-16)14(18)17-12-7-9-13(10-8-12)21(19,20)6-3/h7-10H,4-6,11,16H2,1-3H3,(H,17,18). The van der Waals surface area contributed by atoms with E-state index in [1.54, 1.807) is 19.1 Å². The molecule has 1 aromatic carbocycles. The van der Waals surface area contributed by atoms with Gasteiger partial charge in [0.15, 0.2) is 9.84 Å². The third-order valence-electron chi connectivity index (χ3n) is 4.08. The summed E-state index contributed by atoms with van der Waals surface area (Å²) < 4.78 is 23.5. The van der Waals surface area contributed by atoms with Crippen LogP contribution in [-0.4, -0.2) is 26.6 Å². The van der Waals surface area contributed by atoms with Gasteiger partial charge in [0.2, 0.25) is 5.91 Å². The zero-order valence-corrected chi connectivity index (χ0v) is 13.7. The predicted octanol–water partition coefficient (Wildman–Crippen LogP) is 2.18. The van der Waals surface area contributed by atoms with E-state index in [1.807, 2.05) is 13.8 Å². The summed E-state index contributed by atoms with van der Waals surface area (Å²) >= 11 is 0. The van der Waals surface area contributed by atoms with Gasteiger partial charge in [-0.25, -0.2) is 8.42 Å². The number of sulfone groups is 1. The van der Waals surface area contributed by atoms with Crippen molar-refractivity contribution in [2.45, 2.75) is 38.5 Å². The highest BCUT2D eigenvalue weighted by Gasteiger charge is 2.33. The van der Waals surface area contributed by atoms with Gasteiger partial charge in [0.25, 0.3) is 0 Å². The summed E-state index contributed by atoms with van der Waals surface area (Å²) in [6.45, 7) is 5.76. The van der Waals surface area contributed by atoms with Gasteiger partial charge in [-0.1, -0.05) is 20.8 Å². The molecule has 0 aliphatic heterocycles. The fourth-order valence-corrected chi connectivity index (χ4v) is 3.01. The summed E-state index contributed by atoms with van der Waals surface area (Å²) in [5, 5.41) is 2.82. The lowest BCUT2D eigenvalue weighted by Crippen LogP contribution is -2.41. The van der Waals surface area contributed by atoms with Crippen LogP contribution < -0.4 is 11.1 Å². The quantitative estimate of drug-likeness (QED) is 0.807. The maximum absolute atomic E-state index is 12.4. The molecule has 6 heteroatoms. The van der Waals surface area contributed by atoms with Crippen molar-refractivity contribution in [1.29, 1.82) is 0 Å². The van der Waals surface area contributed by atoms with E-state index in [-0.39, 0.29) is 23.1 Å². The van der Waals surface area contributed by atoms with Crippen LogP contribution in [0.4, 0.5) is 5.69 Å². The first-order valence-electron chi connectivity index (χ1n) is 7.19. The van der Waals surface area contributed by atoms with Crippen LogP contribution in [0.3, 0.4) is 0 Å². The zero-order chi connectivity index (χ0) is 16.1. The highest BCUT2D eigenvalue weighted by molar-refractivity contribution is 7.91. The molecule has 0 aromatic heterocycles. The molecule has 21 heavy (non-hydrogen) atoms. The number of rotatable bonds is 7. The minimum Gasteiger partial charge on any atom is -0.329 e. The van der Waals surface area contributed by atoms with Crippen LogP contribution in [0.5, 0.6) is 0 Å². The molecule has 0 aliphatic carbocycles. The number of carbonyl (C=O) groups is 1. The van der Waals surface area contributed by atoms with Crippen LogP contribution in [0.1, 0.15) is 33.6 Å². The molecule has 0 unspecified atom stereocenters. The SMILES string of the molecule is CCC(CC)(CN)C(=O)Nc1ccc(S(=O)(=O)CC)cc1. The fraction of sp³-hybridized carbons (Fsp3) is 0.533. The Balaban J connectivity index is 2.93. The second kappa shape index (κ2) is 7.04. The average molecular weight is 312 g/mol. The lowest BCUT2D eigenvalue weighted by atomic mass is 9.81. The topological polar surface area (TPSA) is 89.3 Å². The molecule has 5 nitrogen and oxygen atoms in total. The number of hydrogen-bond donors (Lipinski definition) is 2. The van der Waals surface area contributed by atoms with Crippen LogP contribution in [0.15, 0.2) is 29.2 Å². The largest absolute Gasteiger partial charge is 0.329 e. The van der Waals surface area contributed by atoms with Crippen molar-refractivity contribution in [2.24, 2.45) is 11.1 Å². The highest BCUT2D eigenvalue weighted by atomic mass is 32.2. The number of nitrogens with two attached hydrogens (primary N) is 1. The van der Waals surface area contributed by atoms with Crippen LogP contribution in [0, 0.1) is 5.41 Å². The number of benzene rings is 1. The van der Waals surface area contributed by atoms with E-state index in [1.165, 1.54) is 12.1 Å². The van der Waals surface area contributed by atoms with E-state index in [9.17, 15) is 13.2 Å². The molecule has 0 spiro atoms. The molecule has 1 aromatic rings. The Morgan fingerprint density at radius 2 is 1.67 bits per heavy atom. The fourth-order valence-electron chi connectivity index (χ4n) is 2.13. The maximum Gasteiger partial charge on any atom is 0.231 e. The number of hydrogen-bond acceptors (Lipinski definition) is 4. The van der Waals surface area contributed by atoms with Crippen molar-refractivity contribution in [2.75, 3.05) is 17.6 Å². The molecule has 0 saturated heterocycles. The molecule has 0 bridgehead atoms. The van der Waals surface area contributed by atoms with Gasteiger partial charge in [-0.05, 0) is 37.1 Å². The summed E-state index contributed by atoms with van der Waals surface area (Å²) in [4.78, 5) is 12.6. The second-order valence-electron chi connectivity index (χ2n) is 5.07. The summed E-state index contributed by atoms with van der Waals surface area (Å²) in [5.41, 5.74) is 5.75. The summed E-state index contributed by atoms with van der Waals surface area (Å²) in [5.74, 6) is -0.0678. The minimum atomic E-state index is -3.22. The van der Waals surface area contributed by atoms with Crippen molar-refractivity contribution in [3.63, 3.8) is 0 Å². The van der Waals surface area contributed by atoms with Gasteiger partial charge in [0.05, 0.1) is 16.1 Å². The Hall–Kier alpha value is -1.40. The Bertz CT molecular complexity index is 567. The normalized spacial score (nSPS) is 12.2. The first-order valence-corrected chi connectivity index (χ1v) is 8.84. The molecule has 0 radical (unpaired) electrons. The first-order chi connectivity index (χ1) is 9.85. The van der Waals surface area contributed by atoms with Crippen LogP contribution >= 0.6 is 0 Å². The van der Waals surface area contributed by atoms with E-state index in [4.69, 9.17) is 5.73 Å². The molecule has 0 saturated carbocycles. The van der Waals surface area contributed by atoms with Crippen LogP contribution in [-0.2, 0) is 14.6 Å². The molecular weight excluding hydrogens is 288 g/mol. The molecular formula is C15H24N2O3S. The number of amides is 1. The van der Waals surface area contributed by atoms with Gasteiger partial charge in [-0.15, -0.1) is 0 Å². The first kappa shape index (κ1) is 17.7. The van der Waals surface area contributed by atoms with Crippen LogP contribution in [0.2, 0.25) is 0 Å². The van der Waals surface area contributed by atoms with Gasteiger partial charge < -0.3 is 11.1 Å². The van der Waals surface area contributed by atoms with Crippen molar-refractivity contribution in [3.8, 4) is 0 Å². The zero-order valence-electron chi connectivity index (χ0n) is 12.8. The van der Waals surface area contributed by atoms with Crippen molar-refractivity contribution < 1.29 is 13.2 Å². The van der Waals surface area contributed by atoms with Gasteiger partial charge in [-0.3, -0.25) is 4.79 Å². The van der Waals surface area contributed by atoms with E-state index in [0.717, 1.165) is 0 Å². The molecule has 118 valence electrons. The second-order valence-corrected chi connectivity index (χ2v) is 7.35. The van der Waals surface area contributed by atoms with Gasteiger partial charge in [0, 0.05) is 12.2 Å². The lowest BCUT2D eigenvalue weighted by Gasteiger charge is -2.28. The summed E-state index contributed by atoms with van der Waals surface area (Å²) in [7, 11) is -3.22. The Kier molecular flexibility index (Phi) is 5.92. The molecule has 0 atom stereocenters. The minimum absolute atomic E-state index is 0.0562.